The molecule has 2 heterocycles. The van der Waals surface area contributed by atoms with Crippen LogP contribution in [-0.2, 0) is 6.54 Å². The Morgan fingerprint density at radius 1 is 1.21 bits per heavy atom. The summed E-state index contributed by atoms with van der Waals surface area (Å²) in [6.45, 7) is 2.29. The van der Waals surface area contributed by atoms with Gasteiger partial charge in [0.05, 0.1) is 12.8 Å². The standard InChI is InChI=1S/C21H18BrN5O2/c1-13-10-14(21(28)24-12-15-11-16(22)6-8-19(15)29-2)5-7-18(13)27-20-17(25-26-27)4-3-9-23-20/h3-11H,12H2,1-2H3,(H,24,28). The first-order valence-corrected chi connectivity index (χ1v) is 9.74. The van der Waals surface area contributed by atoms with Gasteiger partial charge < -0.3 is 10.1 Å². The molecule has 0 unspecified atom stereocenters. The molecular weight excluding hydrogens is 434 g/mol. The average Bonchev–Trinajstić information content (AvgIpc) is 3.16. The van der Waals surface area contributed by atoms with Crippen molar-refractivity contribution >= 4 is 33.0 Å². The van der Waals surface area contributed by atoms with E-state index in [2.05, 4.69) is 36.5 Å². The molecule has 2 aromatic heterocycles. The molecule has 0 bridgehead atoms. The predicted octanol–water partition coefficient (Wildman–Crippen LogP) is 3.83. The maximum Gasteiger partial charge on any atom is 0.251 e. The number of pyridine rings is 1. The largest absolute Gasteiger partial charge is 0.496 e. The minimum absolute atomic E-state index is 0.164. The van der Waals surface area contributed by atoms with Crippen LogP contribution in [0, 0.1) is 6.92 Å². The Hall–Kier alpha value is -3.26. The first kappa shape index (κ1) is 19.1. The predicted molar refractivity (Wildman–Crippen MR) is 113 cm³/mol. The van der Waals surface area contributed by atoms with E-state index in [1.165, 1.54) is 0 Å². The average molecular weight is 452 g/mol. The van der Waals surface area contributed by atoms with Crippen LogP contribution in [0.15, 0.2) is 59.2 Å². The molecule has 0 saturated heterocycles. The molecule has 0 aliphatic heterocycles. The summed E-state index contributed by atoms with van der Waals surface area (Å²) in [5.41, 5.74) is 4.58. The van der Waals surface area contributed by atoms with Crippen LogP contribution < -0.4 is 10.1 Å². The highest BCUT2D eigenvalue weighted by molar-refractivity contribution is 9.10. The molecule has 146 valence electrons. The highest BCUT2D eigenvalue weighted by Gasteiger charge is 2.13. The van der Waals surface area contributed by atoms with Gasteiger partial charge in [-0.3, -0.25) is 4.79 Å². The van der Waals surface area contributed by atoms with Gasteiger partial charge in [0.15, 0.2) is 5.65 Å². The number of halogens is 1. The van der Waals surface area contributed by atoms with Crippen LogP contribution in [0.3, 0.4) is 0 Å². The van der Waals surface area contributed by atoms with Crippen LogP contribution in [0.1, 0.15) is 21.5 Å². The smallest absolute Gasteiger partial charge is 0.251 e. The highest BCUT2D eigenvalue weighted by atomic mass is 79.9. The Bertz CT molecular complexity index is 1200. The zero-order valence-electron chi connectivity index (χ0n) is 15.9. The number of ether oxygens (including phenoxy) is 1. The van der Waals surface area contributed by atoms with Crippen molar-refractivity contribution in [1.29, 1.82) is 0 Å². The van der Waals surface area contributed by atoms with E-state index < -0.39 is 0 Å². The lowest BCUT2D eigenvalue weighted by Gasteiger charge is -2.12. The number of aryl methyl sites for hydroxylation is 1. The molecule has 29 heavy (non-hydrogen) atoms. The van der Waals surface area contributed by atoms with Gasteiger partial charge in [-0.25, -0.2) is 4.98 Å². The lowest BCUT2D eigenvalue weighted by Crippen LogP contribution is -2.23. The van der Waals surface area contributed by atoms with Crippen LogP contribution in [-0.4, -0.2) is 33.0 Å². The van der Waals surface area contributed by atoms with Crippen molar-refractivity contribution in [3.8, 4) is 11.4 Å². The first-order chi connectivity index (χ1) is 14.1. The van der Waals surface area contributed by atoms with E-state index in [9.17, 15) is 4.79 Å². The summed E-state index contributed by atoms with van der Waals surface area (Å²) in [6.07, 6.45) is 1.70. The summed E-state index contributed by atoms with van der Waals surface area (Å²) >= 11 is 3.44. The Balaban J connectivity index is 1.55. The maximum atomic E-state index is 12.7. The second-order valence-corrected chi connectivity index (χ2v) is 7.40. The van der Waals surface area contributed by atoms with E-state index in [1.807, 2.05) is 49.4 Å². The normalized spacial score (nSPS) is 10.9. The molecule has 0 radical (unpaired) electrons. The summed E-state index contributed by atoms with van der Waals surface area (Å²) in [6, 6.07) is 14.8. The van der Waals surface area contributed by atoms with E-state index in [4.69, 9.17) is 4.74 Å². The fourth-order valence-electron chi connectivity index (χ4n) is 3.12. The third-order valence-corrected chi connectivity index (χ3v) is 5.07. The third kappa shape index (κ3) is 3.84. The number of carbonyl (C=O) groups is 1. The zero-order chi connectivity index (χ0) is 20.4. The van der Waals surface area contributed by atoms with E-state index in [-0.39, 0.29) is 5.91 Å². The number of fused-ring (bicyclic) bond motifs is 1. The van der Waals surface area contributed by atoms with Crippen molar-refractivity contribution < 1.29 is 9.53 Å². The fraction of sp³-hybridized carbons (Fsp3) is 0.143. The summed E-state index contributed by atoms with van der Waals surface area (Å²) < 4.78 is 7.96. The number of nitrogens with one attached hydrogen (secondary N) is 1. The van der Waals surface area contributed by atoms with Gasteiger partial charge in [-0.1, -0.05) is 21.1 Å². The number of rotatable bonds is 5. The molecule has 0 spiro atoms. The summed E-state index contributed by atoms with van der Waals surface area (Å²) in [4.78, 5) is 17.0. The van der Waals surface area contributed by atoms with Gasteiger partial charge in [0, 0.05) is 28.3 Å². The molecule has 4 aromatic rings. The van der Waals surface area contributed by atoms with Crippen LogP contribution in [0.4, 0.5) is 0 Å². The van der Waals surface area contributed by atoms with Crippen molar-refractivity contribution in [3.05, 3.63) is 75.9 Å². The van der Waals surface area contributed by atoms with Crippen molar-refractivity contribution in [1.82, 2.24) is 25.3 Å². The number of methoxy groups -OCH3 is 1. The second-order valence-electron chi connectivity index (χ2n) is 6.49. The SMILES string of the molecule is COc1ccc(Br)cc1CNC(=O)c1ccc(-n2nnc3cccnc32)c(C)c1. The number of amides is 1. The van der Waals surface area contributed by atoms with Crippen LogP contribution in [0.5, 0.6) is 5.75 Å². The van der Waals surface area contributed by atoms with Crippen molar-refractivity contribution in [3.63, 3.8) is 0 Å². The van der Waals surface area contributed by atoms with Crippen LogP contribution in [0.2, 0.25) is 0 Å². The Kier molecular flexibility index (Phi) is 5.26. The molecule has 7 nitrogen and oxygen atoms in total. The lowest BCUT2D eigenvalue weighted by molar-refractivity contribution is 0.0950. The number of hydrogen-bond donors (Lipinski definition) is 1. The Morgan fingerprint density at radius 2 is 2.07 bits per heavy atom. The molecule has 1 N–H and O–H groups in total. The number of benzene rings is 2. The number of nitrogens with zero attached hydrogens (tertiary/aromatic N) is 4. The molecule has 4 rings (SSSR count). The lowest BCUT2D eigenvalue weighted by atomic mass is 10.1. The molecule has 8 heteroatoms. The van der Waals surface area contributed by atoms with Gasteiger partial charge in [-0.15, -0.1) is 5.10 Å². The van der Waals surface area contributed by atoms with Crippen molar-refractivity contribution in [2.75, 3.05) is 7.11 Å². The van der Waals surface area contributed by atoms with E-state index in [0.29, 0.717) is 17.8 Å². The van der Waals surface area contributed by atoms with E-state index >= 15 is 0 Å². The monoisotopic (exact) mass is 451 g/mol. The maximum absolute atomic E-state index is 12.7. The molecule has 0 saturated carbocycles. The van der Waals surface area contributed by atoms with Crippen molar-refractivity contribution in [2.45, 2.75) is 13.5 Å². The fourth-order valence-corrected chi connectivity index (χ4v) is 3.53. The number of hydrogen-bond acceptors (Lipinski definition) is 5. The summed E-state index contributed by atoms with van der Waals surface area (Å²) in [5, 5.41) is 11.3. The van der Waals surface area contributed by atoms with Gasteiger partial charge in [0.1, 0.15) is 11.3 Å². The summed E-state index contributed by atoms with van der Waals surface area (Å²) in [5.74, 6) is 0.564. The molecule has 2 aromatic carbocycles. The molecule has 0 aliphatic carbocycles. The van der Waals surface area contributed by atoms with Gasteiger partial charge in [0.2, 0.25) is 0 Å². The summed E-state index contributed by atoms with van der Waals surface area (Å²) in [7, 11) is 1.61. The zero-order valence-corrected chi connectivity index (χ0v) is 17.5. The van der Waals surface area contributed by atoms with Gasteiger partial charge in [-0.2, -0.15) is 4.68 Å². The molecular formula is C21H18BrN5O2. The van der Waals surface area contributed by atoms with Crippen LogP contribution >= 0.6 is 15.9 Å². The van der Waals surface area contributed by atoms with Crippen LogP contribution in [0.25, 0.3) is 16.9 Å². The van der Waals surface area contributed by atoms with E-state index in [1.54, 1.807) is 24.1 Å². The minimum atomic E-state index is -0.164. The first-order valence-electron chi connectivity index (χ1n) is 8.95. The van der Waals surface area contributed by atoms with Gasteiger partial charge in [-0.05, 0) is 61.0 Å². The Morgan fingerprint density at radius 3 is 2.86 bits per heavy atom. The Labute approximate surface area is 175 Å². The van der Waals surface area contributed by atoms with Crippen molar-refractivity contribution in [2.24, 2.45) is 0 Å². The second kappa shape index (κ2) is 8.00. The molecule has 0 aliphatic rings. The molecule has 1 amide bonds. The van der Waals surface area contributed by atoms with Gasteiger partial charge >= 0.3 is 0 Å². The third-order valence-electron chi connectivity index (χ3n) is 4.58. The number of aromatic nitrogens is 4. The quantitative estimate of drug-likeness (QED) is 0.498. The van der Waals surface area contributed by atoms with Gasteiger partial charge in [0.25, 0.3) is 5.91 Å². The van der Waals surface area contributed by atoms with E-state index in [0.717, 1.165) is 32.6 Å². The highest BCUT2D eigenvalue weighted by Crippen LogP contribution is 2.23. The minimum Gasteiger partial charge on any atom is -0.496 e. The molecule has 0 atom stereocenters. The topological polar surface area (TPSA) is 81.9 Å². The molecule has 0 fully saturated rings. The number of carbonyl (C=O) groups excluding carboxylic acids is 1.